The van der Waals surface area contributed by atoms with Crippen LogP contribution in [-0.2, 0) is 35.7 Å². The fourth-order valence-corrected chi connectivity index (χ4v) is 6.41. The van der Waals surface area contributed by atoms with Gasteiger partial charge in [0.05, 0.1) is 18.1 Å². The predicted octanol–water partition coefficient (Wildman–Crippen LogP) is 2.06. The van der Waals surface area contributed by atoms with Crippen molar-refractivity contribution in [3.05, 3.63) is 23.3 Å². The number of hydrogen-bond acceptors (Lipinski definition) is 8. The Morgan fingerprint density at radius 3 is 2.66 bits per heavy atom. The van der Waals surface area contributed by atoms with Gasteiger partial charge in [-0.3, -0.25) is 14.4 Å². The minimum atomic E-state index is -1.14. The number of piperidine rings is 1. The van der Waals surface area contributed by atoms with Gasteiger partial charge in [0.15, 0.2) is 23.4 Å². The Bertz CT molecular complexity index is 1050. The lowest BCUT2D eigenvalue weighted by molar-refractivity contribution is -0.210. The van der Waals surface area contributed by atoms with Crippen LogP contribution in [0.3, 0.4) is 0 Å². The van der Waals surface area contributed by atoms with Crippen molar-refractivity contribution in [1.29, 1.82) is 0 Å². The van der Waals surface area contributed by atoms with E-state index in [4.69, 9.17) is 18.9 Å². The molecule has 1 aromatic rings. The summed E-state index contributed by atoms with van der Waals surface area (Å²) < 4.78 is 23.0. The molecule has 2 aliphatic carbocycles. The highest BCUT2D eigenvalue weighted by atomic mass is 16.6. The summed E-state index contributed by atoms with van der Waals surface area (Å²) in [5.41, 5.74) is -0.457. The Balaban J connectivity index is 1.76. The summed E-state index contributed by atoms with van der Waals surface area (Å²) in [4.78, 5) is 51.7. The van der Waals surface area contributed by atoms with Gasteiger partial charge in [0.2, 0.25) is 0 Å². The molecule has 32 heavy (non-hydrogen) atoms. The van der Waals surface area contributed by atoms with Gasteiger partial charge in [-0.1, -0.05) is 6.07 Å². The summed E-state index contributed by atoms with van der Waals surface area (Å²) in [6.45, 7) is 4.93. The van der Waals surface area contributed by atoms with Crippen LogP contribution in [0.5, 0.6) is 11.5 Å². The molecule has 5 rings (SSSR count). The molecule has 4 atom stereocenters. The minimum Gasteiger partial charge on any atom is -0.477 e. The summed E-state index contributed by atoms with van der Waals surface area (Å²) in [6, 6.07) is 2.98. The van der Waals surface area contributed by atoms with Crippen LogP contribution in [-0.4, -0.2) is 59.6 Å². The molecule has 1 saturated heterocycles. The molecule has 1 spiro atoms. The molecule has 1 saturated carbocycles. The van der Waals surface area contributed by atoms with Crippen LogP contribution >= 0.6 is 0 Å². The van der Waals surface area contributed by atoms with E-state index >= 15 is 0 Å². The van der Waals surface area contributed by atoms with Crippen LogP contribution in [0, 0.1) is 0 Å². The van der Waals surface area contributed by atoms with E-state index in [1.807, 2.05) is 6.07 Å². The van der Waals surface area contributed by atoms with E-state index < -0.39 is 41.2 Å². The van der Waals surface area contributed by atoms with Gasteiger partial charge < -0.3 is 23.8 Å². The van der Waals surface area contributed by atoms with Crippen molar-refractivity contribution in [3.63, 3.8) is 0 Å². The molecule has 2 heterocycles. The fourth-order valence-electron chi connectivity index (χ4n) is 6.41. The molecule has 170 valence electrons. The molecule has 0 radical (unpaired) electrons. The van der Waals surface area contributed by atoms with E-state index in [2.05, 4.69) is 0 Å². The maximum Gasteiger partial charge on any atom is 0.410 e. The number of amides is 1. The van der Waals surface area contributed by atoms with Crippen molar-refractivity contribution < 1.29 is 38.1 Å². The topological polar surface area (TPSA) is 108 Å². The second-order valence-corrected chi connectivity index (χ2v) is 8.80. The number of carbonyl (C=O) groups is 4. The van der Waals surface area contributed by atoms with Crippen LogP contribution in [0.2, 0.25) is 0 Å². The molecular formula is C23H25NO8. The number of esters is 2. The normalized spacial score (nSPS) is 31.3. The zero-order valence-corrected chi connectivity index (χ0v) is 18.3. The zero-order chi connectivity index (χ0) is 22.8. The van der Waals surface area contributed by atoms with Gasteiger partial charge in [0.25, 0.3) is 0 Å². The average Bonchev–Trinajstić information content (AvgIpc) is 3.07. The molecular weight excluding hydrogens is 418 g/mol. The van der Waals surface area contributed by atoms with E-state index in [0.29, 0.717) is 25.1 Å². The van der Waals surface area contributed by atoms with Crippen LogP contribution < -0.4 is 9.47 Å². The number of Topliss-reactive ketones (excluding diaryl/α,β-unsaturated/α-hetero) is 1. The second-order valence-electron chi connectivity index (χ2n) is 8.80. The third-order valence-electron chi connectivity index (χ3n) is 7.28. The van der Waals surface area contributed by atoms with Gasteiger partial charge in [-0.15, -0.1) is 0 Å². The summed E-state index contributed by atoms with van der Waals surface area (Å²) in [5, 5.41) is 0. The van der Waals surface area contributed by atoms with E-state index in [-0.39, 0.29) is 31.0 Å². The summed E-state index contributed by atoms with van der Waals surface area (Å²) in [5.74, 6) is -0.468. The third kappa shape index (κ3) is 2.50. The molecule has 2 fully saturated rings. The van der Waals surface area contributed by atoms with Crippen LogP contribution in [0.1, 0.15) is 51.2 Å². The van der Waals surface area contributed by atoms with Crippen molar-refractivity contribution in [2.75, 3.05) is 13.2 Å². The Hall–Kier alpha value is -3.10. The highest BCUT2D eigenvalue weighted by molar-refractivity contribution is 5.91. The zero-order valence-electron chi connectivity index (χ0n) is 18.3. The summed E-state index contributed by atoms with van der Waals surface area (Å²) >= 11 is 0. The standard InChI is InChI=1S/C23H25NO8/c1-4-29-21(28)24-10-9-22-18-14-5-6-16(30-12(2)25)19(18)31-20(22)15(27)7-8-23(22,17(24)11-14)32-13(3)26/h5-6,17,20H,4,7-11H2,1-3H3/t17-,20?,22+,23-/m1/s1. The Labute approximate surface area is 184 Å². The molecule has 9 heteroatoms. The van der Waals surface area contributed by atoms with Gasteiger partial charge >= 0.3 is 18.0 Å². The van der Waals surface area contributed by atoms with Crippen LogP contribution in [0.15, 0.2) is 12.1 Å². The number of nitrogens with zero attached hydrogens (tertiary/aromatic N) is 1. The fraction of sp³-hybridized carbons (Fsp3) is 0.565. The van der Waals surface area contributed by atoms with Crippen LogP contribution in [0.4, 0.5) is 4.79 Å². The molecule has 0 aromatic heterocycles. The first-order valence-corrected chi connectivity index (χ1v) is 10.9. The highest BCUT2D eigenvalue weighted by Crippen LogP contribution is 2.66. The third-order valence-corrected chi connectivity index (χ3v) is 7.28. The average molecular weight is 443 g/mol. The van der Waals surface area contributed by atoms with E-state index in [0.717, 1.165) is 11.1 Å². The van der Waals surface area contributed by atoms with Crippen LogP contribution in [0.25, 0.3) is 0 Å². The van der Waals surface area contributed by atoms with Crippen molar-refractivity contribution in [2.24, 2.45) is 0 Å². The summed E-state index contributed by atoms with van der Waals surface area (Å²) in [7, 11) is 0. The second kappa shape index (κ2) is 6.95. The SMILES string of the molecule is CCOC(=O)N1CC[C@]23c4c5ccc(OC(C)=O)c4OC2C(=O)CC[C@@]3(OC(C)=O)[C@H]1C5. The maximum absolute atomic E-state index is 13.1. The molecule has 0 N–H and O–H groups in total. The molecule has 9 nitrogen and oxygen atoms in total. The first kappa shape index (κ1) is 20.8. The van der Waals surface area contributed by atoms with Crippen molar-refractivity contribution in [3.8, 4) is 11.5 Å². The Morgan fingerprint density at radius 2 is 1.97 bits per heavy atom. The largest absolute Gasteiger partial charge is 0.477 e. The van der Waals surface area contributed by atoms with Gasteiger partial charge in [0.1, 0.15) is 5.60 Å². The number of rotatable bonds is 3. The number of benzene rings is 1. The lowest BCUT2D eigenvalue weighted by Crippen LogP contribution is -2.78. The Morgan fingerprint density at radius 1 is 1.19 bits per heavy atom. The first-order chi connectivity index (χ1) is 15.2. The van der Waals surface area contributed by atoms with Gasteiger partial charge in [-0.2, -0.15) is 0 Å². The van der Waals surface area contributed by atoms with Gasteiger partial charge in [-0.25, -0.2) is 4.79 Å². The number of hydrogen-bond donors (Lipinski definition) is 0. The van der Waals surface area contributed by atoms with E-state index in [1.165, 1.54) is 13.8 Å². The van der Waals surface area contributed by atoms with Crippen molar-refractivity contribution in [1.82, 2.24) is 4.90 Å². The quantitative estimate of drug-likeness (QED) is 0.516. The van der Waals surface area contributed by atoms with Gasteiger partial charge in [0, 0.05) is 32.4 Å². The highest BCUT2D eigenvalue weighted by Gasteiger charge is 2.76. The predicted molar refractivity (Wildman–Crippen MR) is 108 cm³/mol. The smallest absolute Gasteiger partial charge is 0.410 e. The van der Waals surface area contributed by atoms with Gasteiger partial charge in [-0.05, 0) is 37.8 Å². The van der Waals surface area contributed by atoms with Crippen molar-refractivity contribution >= 4 is 23.8 Å². The molecule has 2 aliphatic heterocycles. The molecule has 4 aliphatic rings. The number of carbonyl (C=O) groups excluding carboxylic acids is 4. The first-order valence-electron chi connectivity index (χ1n) is 10.9. The number of ether oxygens (including phenoxy) is 4. The monoisotopic (exact) mass is 443 g/mol. The summed E-state index contributed by atoms with van der Waals surface area (Å²) in [6.07, 6.45) is -0.155. The molecule has 2 bridgehead atoms. The maximum atomic E-state index is 13.1. The number of ketones is 1. The number of likely N-dealkylation sites (tertiary alicyclic amines) is 1. The van der Waals surface area contributed by atoms with E-state index in [9.17, 15) is 19.2 Å². The minimum absolute atomic E-state index is 0.0889. The lowest BCUT2D eigenvalue weighted by Gasteiger charge is -2.63. The van der Waals surface area contributed by atoms with E-state index in [1.54, 1.807) is 17.9 Å². The molecule has 1 unspecified atom stereocenters. The Kier molecular flexibility index (Phi) is 4.51. The van der Waals surface area contributed by atoms with Crippen molar-refractivity contribution in [2.45, 2.75) is 69.6 Å². The molecule has 1 amide bonds. The lowest BCUT2D eigenvalue weighted by atomic mass is 9.49. The molecule has 1 aromatic carbocycles.